The van der Waals surface area contributed by atoms with Gasteiger partial charge in [0.2, 0.25) is 0 Å². The van der Waals surface area contributed by atoms with Gasteiger partial charge < -0.3 is 22.9 Å². The second-order valence-corrected chi connectivity index (χ2v) is 2.20. The number of halogens is 1. The zero-order valence-corrected chi connectivity index (χ0v) is 5.76. The van der Waals surface area contributed by atoms with Crippen molar-refractivity contribution in [3.63, 3.8) is 0 Å². The molecule has 0 amide bonds. The summed E-state index contributed by atoms with van der Waals surface area (Å²) >= 11 is 0. The van der Waals surface area contributed by atoms with Crippen molar-refractivity contribution < 1.29 is 4.39 Å². The molecule has 60 valence electrons. The number of rotatable bonds is 0. The maximum absolute atomic E-state index is 12.8. The highest BCUT2D eigenvalue weighted by atomic mass is 19.1. The molecule has 11 heavy (non-hydrogen) atoms. The van der Waals surface area contributed by atoms with Gasteiger partial charge in [-0.1, -0.05) is 0 Å². The summed E-state index contributed by atoms with van der Waals surface area (Å²) < 4.78 is 12.8. The van der Waals surface area contributed by atoms with E-state index in [4.69, 9.17) is 22.9 Å². The van der Waals surface area contributed by atoms with E-state index in [0.717, 1.165) is 0 Å². The summed E-state index contributed by atoms with van der Waals surface area (Å²) in [4.78, 5) is 0. The lowest BCUT2D eigenvalue weighted by atomic mass is 10.2. The lowest BCUT2D eigenvalue weighted by Crippen LogP contribution is -2.05. The van der Waals surface area contributed by atoms with E-state index < -0.39 is 5.82 Å². The largest absolute Gasteiger partial charge is 0.397 e. The standard InChI is InChI=1S/C6H9FN4/c7-4-2(8)1-3(9)5(10)6(4)11/h1H,8-11H2. The van der Waals surface area contributed by atoms with Gasteiger partial charge in [-0.15, -0.1) is 0 Å². The molecule has 4 nitrogen and oxygen atoms in total. The van der Waals surface area contributed by atoms with E-state index in [-0.39, 0.29) is 22.7 Å². The van der Waals surface area contributed by atoms with Crippen LogP contribution in [0.3, 0.4) is 0 Å². The minimum atomic E-state index is -0.711. The molecule has 0 aliphatic rings. The molecular formula is C6H9FN4. The highest BCUT2D eigenvalue weighted by Crippen LogP contribution is 2.29. The Morgan fingerprint density at radius 2 is 1.45 bits per heavy atom. The molecule has 0 unspecified atom stereocenters. The molecule has 5 heteroatoms. The molecule has 0 bridgehead atoms. The Balaban J connectivity index is 3.46. The van der Waals surface area contributed by atoms with Crippen molar-refractivity contribution in [3.05, 3.63) is 11.9 Å². The molecule has 0 radical (unpaired) electrons. The van der Waals surface area contributed by atoms with Crippen LogP contribution in [0.4, 0.5) is 27.1 Å². The number of benzene rings is 1. The zero-order chi connectivity index (χ0) is 8.59. The van der Waals surface area contributed by atoms with Gasteiger partial charge in [-0.25, -0.2) is 4.39 Å². The van der Waals surface area contributed by atoms with Crippen LogP contribution in [0.15, 0.2) is 6.07 Å². The molecule has 0 saturated carbocycles. The first-order chi connectivity index (χ1) is 5.04. The fraction of sp³-hybridized carbons (Fsp3) is 0. The number of hydrogen-bond donors (Lipinski definition) is 4. The van der Waals surface area contributed by atoms with Gasteiger partial charge in [0.25, 0.3) is 0 Å². The maximum Gasteiger partial charge on any atom is 0.171 e. The number of hydrogen-bond acceptors (Lipinski definition) is 4. The van der Waals surface area contributed by atoms with Crippen LogP contribution in [0.2, 0.25) is 0 Å². The zero-order valence-electron chi connectivity index (χ0n) is 5.76. The van der Waals surface area contributed by atoms with E-state index >= 15 is 0 Å². The maximum atomic E-state index is 12.8. The van der Waals surface area contributed by atoms with Gasteiger partial charge in [-0.3, -0.25) is 0 Å². The van der Waals surface area contributed by atoms with Crippen molar-refractivity contribution in [1.82, 2.24) is 0 Å². The van der Waals surface area contributed by atoms with E-state index in [2.05, 4.69) is 0 Å². The van der Waals surface area contributed by atoms with E-state index in [1.165, 1.54) is 6.07 Å². The highest BCUT2D eigenvalue weighted by Gasteiger charge is 2.09. The van der Waals surface area contributed by atoms with Crippen LogP contribution < -0.4 is 22.9 Å². The monoisotopic (exact) mass is 156 g/mol. The van der Waals surface area contributed by atoms with Crippen molar-refractivity contribution in [2.75, 3.05) is 22.9 Å². The van der Waals surface area contributed by atoms with Crippen molar-refractivity contribution in [2.24, 2.45) is 0 Å². The number of nitrogen functional groups attached to an aromatic ring is 4. The van der Waals surface area contributed by atoms with E-state index in [9.17, 15) is 4.39 Å². The van der Waals surface area contributed by atoms with Crippen LogP contribution in [0.1, 0.15) is 0 Å². The minimum Gasteiger partial charge on any atom is -0.397 e. The molecule has 8 N–H and O–H groups in total. The van der Waals surface area contributed by atoms with Gasteiger partial charge in [-0.2, -0.15) is 0 Å². The highest BCUT2D eigenvalue weighted by molar-refractivity contribution is 5.81. The van der Waals surface area contributed by atoms with Gasteiger partial charge in [-0.05, 0) is 6.07 Å². The minimum absolute atomic E-state index is 0.0386. The first-order valence-electron chi connectivity index (χ1n) is 2.92. The van der Waals surface area contributed by atoms with E-state index in [0.29, 0.717) is 0 Å². The predicted molar refractivity (Wildman–Crippen MR) is 44.0 cm³/mol. The average Bonchev–Trinajstić information content (AvgIpc) is 1.97. The number of nitrogens with two attached hydrogens (primary N) is 4. The van der Waals surface area contributed by atoms with Crippen LogP contribution in [0, 0.1) is 5.82 Å². The summed E-state index contributed by atoms with van der Waals surface area (Å²) in [6, 6.07) is 1.24. The van der Waals surface area contributed by atoms with Crippen molar-refractivity contribution in [1.29, 1.82) is 0 Å². The molecule has 1 aromatic rings. The Bertz CT molecular complexity index is 271. The SMILES string of the molecule is Nc1cc(N)c(F)c(N)c1N. The second-order valence-electron chi connectivity index (χ2n) is 2.20. The van der Waals surface area contributed by atoms with E-state index in [1.54, 1.807) is 0 Å². The topological polar surface area (TPSA) is 104 Å². The van der Waals surface area contributed by atoms with Gasteiger partial charge in [0.05, 0.1) is 22.7 Å². The molecule has 0 heterocycles. The predicted octanol–water partition coefficient (Wildman–Crippen LogP) is 0.155. The Morgan fingerprint density at radius 3 is 2.00 bits per heavy atom. The third kappa shape index (κ3) is 1.000. The fourth-order valence-corrected chi connectivity index (χ4v) is 0.738. The Kier molecular flexibility index (Phi) is 1.48. The molecular weight excluding hydrogens is 147 g/mol. The third-order valence-corrected chi connectivity index (χ3v) is 1.40. The molecule has 1 aromatic carbocycles. The third-order valence-electron chi connectivity index (χ3n) is 1.40. The quantitative estimate of drug-likeness (QED) is 0.401. The van der Waals surface area contributed by atoms with Crippen LogP contribution >= 0.6 is 0 Å². The van der Waals surface area contributed by atoms with Gasteiger partial charge in [0.1, 0.15) is 0 Å². The average molecular weight is 156 g/mol. The molecule has 0 saturated heterocycles. The molecule has 0 atom stereocenters. The summed E-state index contributed by atoms with van der Waals surface area (Å²) in [7, 11) is 0. The van der Waals surface area contributed by atoms with Crippen molar-refractivity contribution >= 4 is 22.7 Å². The van der Waals surface area contributed by atoms with Gasteiger partial charge >= 0.3 is 0 Å². The lowest BCUT2D eigenvalue weighted by molar-refractivity contribution is 0.638. The van der Waals surface area contributed by atoms with E-state index in [1.807, 2.05) is 0 Å². The lowest BCUT2D eigenvalue weighted by Gasteiger charge is -2.06. The van der Waals surface area contributed by atoms with Crippen molar-refractivity contribution in [3.8, 4) is 0 Å². The summed E-state index contributed by atoms with van der Waals surface area (Å²) in [6.45, 7) is 0. The van der Waals surface area contributed by atoms with Gasteiger partial charge in [0.15, 0.2) is 5.82 Å². The molecule has 0 aliphatic carbocycles. The molecule has 0 aliphatic heterocycles. The van der Waals surface area contributed by atoms with Crippen LogP contribution in [-0.2, 0) is 0 Å². The normalized spacial score (nSPS) is 9.91. The summed E-state index contributed by atoms with van der Waals surface area (Å²) in [5.74, 6) is -0.711. The summed E-state index contributed by atoms with van der Waals surface area (Å²) in [6.07, 6.45) is 0. The summed E-state index contributed by atoms with van der Waals surface area (Å²) in [5, 5.41) is 0. The first-order valence-corrected chi connectivity index (χ1v) is 2.92. The fourth-order valence-electron chi connectivity index (χ4n) is 0.738. The Labute approximate surface area is 63.0 Å². The molecule has 1 rings (SSSR count). The first kappa shape index (κ1) is 7.46. The second kappa shape index (κ2) is 2.19. The summed E-state index contributed by atoms with van der Waals surface area (Å²) in [5.41, 5.74) is 21.0. The van der Waals surface area contributed by atoms with Gasteiger partial charge in [0, 0.05) is 0 Å². The Hall–Kier alpha value is -1.65. The number of anilines is 4. The molecule has 0 spiro atoms. The smallest absolute Gasteiger partial charge is 0.171 e. The van der Waals surface area contributed by atoms with Crippen LogP contribution in [0.5, 0.6) is 0 Å². The van der Waals surface area contributed by atoms with Crippen LogP contribution in [-0.4, -0.2) is 0 Å². The molecule has 0 fully saturated rings. The molecule has 0 aromatic heterocycles. The van der Waals surface area contributed by atoms with Crippen LogP contribution in [0.25, 0.3) is 0 Å². The Morgan fingerprint density at radius 1 is 0.909 bits per heavy atom. The van der Waals surface area contributed by atoms with Crippen molar-refractivity contribution in [2.45, 2.75) is 0 Å².